The number of nitrogens with zero attached hydrogens (tertiary/aromatic N) is 2. The quantitative estimate of drug-likeness (QED) is 0.800. The smallest absolute Gasteiger partial charge is 0.268 e. The van der Waals surface area contributed by atoms with E-state index in [2.05, 4.69) is 10.1 Å². The molecule has 1 aromatic carbocycles. The van der Waals surface area contributed by atoms with Gasteiger partial charge in [-0.05, 0) is 30.0 Å². The van der Waals surface area contributed by atoms with Gasteiger partial charge < -0.3 is 10.3 Å². The zero-order chi connectivity index (χ0) is 14.1. The second-order valence-electron chi connectivity index (χ2n) is 4.68. The van der Waals surface area contributed by atoms with Crippen LogP contribution in [0.3, 0.4) is 0 Å². The molecular weight excluding hydrogens is 277 g/mol. The minimum atomic E-state index is -0.244. The van der Waals surface area contributed by atoms with E-state index in [0.717, 1.165) is 21.4 Å². The summed E-state index contributed by atoms with van der Waals surface area (Å²) in [7, 11) is 0. The number of hydrogen-bond acceptors (Lipinski definition) is 5. The molecule has 0 saturated carbocycles. The van der Waals surface area contributed by atoms with E-state index < -0.39 is 0 Å². The predicted molar refractivity (Wildman–Crippen MR) is 77.0 cm³/mol. The molecule has 0 fully saturated rings. The molecule has 20 heavy (non-hydrogen) atoms. The van der Waals surface area contributed by atoms with Crippen molar-refractivity contribution in [3.8, 4) is 10.8 Å². The Morgan fingerprint density at radius 1 is 1.40 bits per heavy atom. The second-order valence-corrected chi connectivity index (χ2v) is 5.76. The lowest BCUT2D eigenvalue weighted by molar-refractivity contribution is 0.420. The van der Waals surface area contributed by atoms with Crippen LogP contribution in [0.25, 0.3) is 20.9 Å². The highest BCUT2D eigenvalue weighted by Crippen LogP contribution is 2.32. The monoisotopic (exact) mass is 291 g/mol. The van der Waals surface area contributed by atoms with Crippen LogP contribution in [-0.4, -0.2) is 16.2 Å². The Kier molecular flexibility index (Phi) is 3.50. The van der Waals surface area contributed by atoms with Gasteiger partial charge in [0.25, 0.3) is 5.89 Å². The SMILES string of the molecule is CCC(N)Cc1noc(-c2cc3ccc(F)cc3s2)n1. The highest BCUT2D eigenvalue weighted by Gasteiger charge is 2.14. The van der Waals surface area contributed by atoms with Gasteiger partial charge in [0.2, 0.25) is 0 Å². The lowest BCUT2D eigenvalue weighted by Crippen LogP contribution is -2.21. The van der Waals surface area contributed by atoms with Gasteiger partial charge in [0, 0.05) is 17.2 Å². The van der Waals surface area contributed by atoms with Crippen molar-refractivity contribution in [3.05, 3.63) is 35.9 Å². The Morgan fingerprint density at radius 2 is 2.25 bits per heavy atom. The molecule has 1 atom stereocenters. The Hall–Kier alpha value is -1.79. The Morgan fingerprint density at radius 3 is 3.05 bits per heavy atom. The molecule has 0 spiro atoms. The van der Waals surface area contributed by atoms with Crippen molar-refractivity contribution in [2.75, 3.05) is 0 Å². The first-order valence-electron chi connectivity index (χ1n) is 6.43. The molecule has 6 heteroatoms. The number of halogens is 1. The van der Waals surface area contributed by atoms with E-state index in [0.29, 0.717) is 18.1 Å². The summed E-state index contributed by atoms with van der Waals surface area (Å²) in [5.41, 5.74) is 5.87. The zero-order valence-electron chi connectivity index (χ0n) is 11.0. The summed E-state index contributed by atoms with van der Waals surface area (Å²) < 4.78 is 19.3. The van der Waals surface area contributed by atoms with Crippen molar-refractivity contribution in [2.24, 2.45) is 5.73 Å². The molecule has 0 aliphatic rings. The van der Waals surface area contributed by atoms with Crippen molar-refractivity contribution in [2.45, 2.75) is 25.8 Å². The third-order valence-corrected chi connectivity index (χ3v) is 4.22. The van der Waals surface area contributed by atoms with Gasteiger partial charge in [-0.3, -0.25) is 0 Å². The fourth-order valence-corrected chi connectivity index (χ4v) is 2.94. The minimum absolute atomic E-state index is 0.0388. The number of aromatic nitrogens is 2. The number of benzene rings is 1. The second kappa shape index (κ2) is 5.30. The van der Waals surface area contributed by atoms with E-state index in [-0.39, 0.29) is 11.9 Å². The molecule has 1 unspecified atom stereocenters. The van der Waals surface area contributed by atoms with Gasteiger partial charge in [-0.2, -0.15) is 4.98 Å². The number of rotatable bonds is 4. The third-order valence-electron chi connectivity index (χ3n) is 3.13. The molecule has 0 radical (unpaired) electrons. The van der Waals surface area contributed by atoms with Crippen molar-refractivity contribution < 1.29 is 8.91 Å². The van der Waals surface area contributed by atoms with Gasteiger partial charge in [-0.25, -0.2) is 4.39 Å². The molecule has 4 nitrogen and oxygen atoms in total. The molecule has 0 aliphatic carbocycles. The van der Waals surface area contributed by atoms with Crippen LogP contribution < -0.4 is 5.73 Å². The summed E-state index contributed by atoms with van der Waals surface area (Å²) in [4.78, 5) is 5.19. The molecule has 2 N–H and O–H groups in total. The summed E-state index contributed by atoms with van der Waals surface area (Å²) in [6, 6.07) is 6.66. The molecule has 0 aliphatic heterocycles. The minimum Gasteiger partial charge on any atom is -0.333 e. The van der Waals surface area contributed by atoms with E-state index in [1.807, 2.05) is 13.0 Å². The maximum absolute atomic E-state index is 13.2. The molecule has 0 amide bonds. The highest BCUT2D eigenvalue weighted by atomic mass is 32.1. The van der Waals surface area contributed by atoms with E-state index >= 15 is 0 Å². The van der Waals surface area contributed by atoms with E-state index in [1.54, 1.807) is 6.07 Å². The van der Waals surface area contributed by atoms with Crippen LogP contribution in [0.1, 0.15) is 19.2 Å². The van der Waals surface area contributed by atoms with Gasteiger partial charge in [-0.15, -0.1) is 11.3 Å². The average molecular weight is 291 g/mol. The van der Waals surface area contributed by atoms with Crippen LogP contribution in [0.15, 0.2) is 28.8 Å². The number of thiophene rings is 1. The summed E-state index contributed by atoms with van der Waals surface area (Å²) in [5.74, 6) is 0.828. The molecule has 2 heterocycles. The average Bonchev–Trinajstić information content (AvgIpc) is 3.04. The third kappa shape index (κ3) is 2.57. The zero-order valence-corrected chi connectivity index (χ0v) is 11.8. The van der Waals surface area contributed by atoms with Gasteiger partial charge in [0.15, 0.2) is 5.82 Å². The Labute approximate surface area is 119 Å². The fraction of sp³-hybridized carbons (Fsp3) is 0.286. The fourth-order valence-electron chi connectivity index (χ4n) is 1.93. The Bertz CT molecular complexity index is 737. The normalized spacial score (nSPS) is 12.9. The van der Waals surface area contributed by atoms with Gasteiger partial charge in [0.05, 0.1) is 4.88 Å². The largest absolute Gasteiger partial charge is 0.333 e. The number of hydrogen-bond donors (Lipinski definition) is 1. The first-order valence-corrected chi connectivity index (χ1v) is 7.25. The molecule has 3 aromatic rings. The van der Waals surface area contributed by atoms with Crippen LogP contribution in [0.2, 0.25) is 0 Å². The van der Waals surface area contributed by atoms with Gasteiger partial charge in [-0.1, -0.05) is 18.1 Å². The number of nitrogens with two attached hydrogens (primary N) is 1. The van der Waals surface area contributed by atoms with E-state index in [4.69, 9.17) is 10.3 Å². The van der Waals surface area contributed by atoms with E-state index in [1.165, 1.54) is 23.5 Å². The van der Waals surface area contributed by atoms with Crippen molar-refractivity contribution in [3.63, 3.8) is 0 Å². The Balaban J connectivity index is 1.91. The van der Waals surface area contributed by atoms with Crippen LogP contribution in [0.4, 0.5) is 4.39 Å². The van der Waals surface area contributed by atoms with Crippen LogP contribution in [0, 0.1) is 5.82 Å². The van der Waals surface area contributed by atoms with Gasteiger partial charge >= 0.3 is 0 Å². The first kappa shape index (κ1) is 13.2. The lowest BCUT2D eigenvalue weighted by Gasteiger charge is -2.02. The highest BCUT2D eigenvalue weighted by molar-refractivity contribution is 7.22. The predicted octanol–water partition coefficient (Wildman–Crippen LogP) is 3.37. The molecule has 0 saturated heterocycles. The molecule has 104 valence electrons. The topological polar surface area (TPSA) is 64.9 Å². The van der Waals surface area contributed by atoms with Crippen LogP contribution in [0.5, 0.6) is 0 Å². The molecular formula is C14H14FN3OS. The lowest BCUT2D eigenvalue weighted by atomic mass is 10.2. The summed E-state index contributed by atoms with van der Waals surface area (Å²) >= 11 is 1.44. The van der Waals surface area contributed by atoms with Crippen molar-refractivity contribution in [1.29, 1.82) is 0 Å². The van der Waals surface area contributed by atoms with Crippen molar-refractivity contribution >= 4 is 21.4 Å². The summed E-state index contributed by atoms with van der Waals surface area (Å²) in [6.07, 6.45) is 1.46. The van der Waals surface area contributed by atoms with Crippen LogP contribution in [-0.2, 0) is 6.42 Å². The number of fused-ring (bicyclic) bond motifs is 1. The first-order chi connectivity index (χ1) is 9.65. The maximum atomic E-state index is 13.2. The molecule has 0 bridgehead atoms. The standard InChI is InChI=1S/C14H14FN3OS/c1-2-10(16)7-13-17-14(19-18-13)12-5-8-3-4-9(15)6-11(8)20-12/h3-6,10H,2,7,16H2,1H3. The van der Waals surface area contributed by atoms with Crippen LogP contribution >= 0.6 is 11.3 Å². The molecule has 3 rings (SSSR count). The molecule has 2 aromatic heterocycles. The maximum Gasteiger partial charge on any atom is 0.268 e. The summed E-state index contributed by atoms with van der Waals surface area (Å²) in [5, 5.41) is 4.90. The van der Waals surface area contributed by atoms with Crippen molar-refractivity contribution in [1.82, 2.24) is 10.1 Å². The summed E-state index contributed by atoms with van der Waals surface area (Å²) in [6.45, 7) is 2.02. The van der Waals surface area contributed by atoms with Gasteiger partial charge in [0.1, 0.15) is 5.82 Å². The van der Waals surface area contributed by atoms with E-state index in [9.17, 15) is 4.39 Å².